The van der Waals surface area contributed by atoms with Crippen molar-refractivity contribution in [2.24, 2.45) is 5.92 Å². The maximum absolute atomic E-state index is 13.8. The molecule has 0 spiro atoms. The fourth-order valence-electron chi connectivity index (χ4n) is 5.84. The first-order chi connectivity index (χ1) is 20.6. The number of rotatable bonds is 9. The Labute approximate surface area is 252 Å². The molecule has 2 aliphatic rings. The number of ether oxygens (including phenoxy) is 1. The molecule has 3 atom stereocenters. The fraction of sp³-hybridized carbons (Fsp3) is 0.353. The van der Waals surface area contributed by atoms with Crippen molar-refractivity contribution in [1.29, 1.82) is 0 Å². The van der Waals surface area contributed by atoms with Crippen LogP contribution in [0.15, 0.2) is 78.9 Å². The lowest BCUT2D eigenvalue weighted by atomic mass is 10.0. The van der Waals surface area contributed by atoms with Crippen LogP contribution in [0.4, 0.5) is 5.69 Å². The van der Waals surface area contributed by atoms with Gasteiger partial charge in [-0.05, 0) is 79.4 Å². The molecule has 2 saturated heterocycles. The van der Waals surface area contributed by atoms with Crippen LogP contribution in [-0.4, -0.2) is 78.6 Å². The van der Waals surface area contributed by atoms with Gasteiger partial charge in [-0.3, -0.25) is 19.2 Å². The van der Waals surface area contributed by atoms with Crippen molar-refractivity contribution in [3.8, 4) is 11.5 Å². The van der Waals surface area contributed by atoms with Crippen LogP contribution in [0.5, 0.6) is 11.5 Å². The summed E-state index contributed by atoms with van der Waals surface area (Å²) in [4.78, 5) is 58.8. The second-order valence-corrected chi connectivity index (χ2v) is 11.8. The lowest BCUT2D eigenvalue weighted by molar-refractivity contribution is -0.138. The van der Waals surface area contributed by atoms with E-state index in [1.807, 2.05) is 75.3 Å². The van der Waals surface area contributed by atoms with Crippen LogP contribution in [0.3, 0.4) is 0 Å². The van der Waals surface area contributed by atoms with E-state index in [0.29, 0.717) is 42.0 Å². The van der Waals surface area contributed by atoms with Gasteiger partial charge in [0.05, 0.1) is 12.6 Å². The number of carbonyl (C=O) groups is 4. The number of amides is 3. The predicted molar refractivity (Wildman–Crippen MR) is 164 cm³/mol. The highest BCUT2D eigenvalue weighted by Crippen LogP contribution is 2.32. The zero-order valence-corrected chi connectivity index (χ0v) is 25.0. The molecule has 0 aliphatic carbocycles. The molecule has 0 aromatic heterocycles. The molecule has 0 bridgehead atoms. The van der Waals surface area contributed by atoms with Gasteiger partial charge in [0.25, 0.3) is 11.8 Å². The molecular weight excluding hydrogens is 544 g/mol. The van der Waals surface area contributed by atoms with Gasteiger partial charge in [0.2, 0.25) is 5.91 Å². The van der Waals surface area contributed by atoms with E-state index in [-0.39, 0.29) is 36.0 Å². The second-order valence-electron chi connectivity index (χ2n) is 11.8. The van der Waals surface area contributed by atoms with Gasteiger partial charge < -0.3 is 24.8 Å². The van der Waals surface area contributed by atoms with Gasteiger partial charge in [0.1, 0.15) is 23.6 Å². The number of Topliss-reactive ketones (excluding diaryl/α,β-unsaturated/α-hetero) is 1. The Morgan fingerprint density at radius 3 is 2.14 bits per heavy atom. The van der Waals surface area contributed by atoms with E-state index in [2.05, 4.69) is 5.32 Å². The summed E-state index contributed by atoms with van der Waals surface area (Å²) in [6.45, 7) is 4.26. The number of likely N-dealkylation sites (tertiary alicyclic amines) is 2. The molecule has 9 nitrogen and oxygen atoms in total. The molecule has 0 saturated carbocycles. The third-order valence-corrected chi connectivity index (χ3v) is 8.00. The number of hydrogen-bond donors (Lipinski definition) is 1. The summed E-state index contributed by atoms with van der Waals surface area (Å²) < 4.78 is 5.83. The van der Waals surface area contributed by atoms with Gasteiger partial charge in [-0.15, -0.1) is 0 Å². The molecule has 2 aliphatic heterocycles. The van der Waals surface area contributed by atoms with E-state index >= 15 is 0 Å². The van der Waals surface area contributed by atoms with Crippen LogP contribution in [0.25, 0.3) is 0 Å². The third-order valence-electron chi connectivity index (χ3n) is 8.00. The number of anilines is 1. The van der Waals surface area contributed by atoms with Gasteiger partial charge in [-0.1, -0.05) is 32.0 Å². The first-order valence-electron chi connectivity index (χ1n) is 14.7. The Bertz CT molecular complexity index is 1470. The summed E-state index contributed by atoms with van der Waals surface area (Å²) >= 11 is 0. The highest BCUT2D eigenvalue weighted by atomic mass is 16.5. The lowest BCUT2D eigenvalue weighted by Gasteiger charge is -2.29. The molecule has 1 N–H and O–H groups in total. The third kappa shape index (κ3) is 6.56. The number of fused-ring (bicyclic) bond motifs is 1. The molecule has 2 heterocycles. The summed E-state index contributed by atoms with van der Waals surface area (Å²) in [6, 6.07) is 21.5. The van der Waals surface area contributed by atoms with E-state index in [9.17, 15) is 19.2 Å². The Hall–Kier alpha value is -4.66. The van der Waals surface area contributed by atoms with Gasteiger partial charge in [0.15, 0.2) is 5.78 Å². The maximum atomic E-state index is 13.8. The quantitative estimate of drug-likeness (QED) is 0.402. The average Bonchev–Trinajstić information content (AvgIpc) is 3.58. The summed E-state index contributed by atoms with van der Waals surface area (Å²) in [5.41, 5.74) is 1.87. The number of benzene rings is 3. The molecule has 0 radical (unpaired) electrons. The monoisotopic (exact) mass is 582 g/mol. The Morgan fingerprint density at radius 2 is 1.51 bits per heavy atom. The molecule has 5 rings (SSSR count). The minimum absolute atomic E-state index is 0.0559. The number of nitrogens with one attached hydrogen (secondary N) is 1. The smallest absolute Gasteiger partial charge is 0.254 e. The van der Waals surface area contributed by atoms with Crippen molar-refractivity contribution in [3.05, 3.63) is 90.0 Å². The molecular formula is C34H38N4O5. The van der Waals surface area contributed by atoms with E-state index in [1.165, 1.54) is 0 Å². The number of carbonyl (C=O) groups excluding carboxylic acids is 4. The average molecular weight is 583 g/mol. The van der Waals surface area contributed by atoms with Gasteiger partial charge in [0, 0.05) is 37.5 Å². The predicted octanol–water partition coefficient (Wildman–Crippen LogP) is 4.38. The highest BCUT2D eigenvalue weighted by Gasteiger charge is 2.52. The van der Waals surface area contributed by atoms with Crippen molar-refractivity contribution in [2.75, 3.05) is 32.1 Å². The normalized spacial score (nSPS) is 18.4. The standard InChI is InChI=1S/C34H38N4O5/c1-22(2)20-28(35-32(40)23-10-14-25(15-11-23)36(3)4)34(42)37-19-18-29-31(37)30(39)21-38(29)33(41)24-12-16-27(17-13-24)43-26-8-6-5-7-9-26/h5-17,22,28-29,31H,18-21H2,1-4H3,(H,35,40)/t28-,29?,31?/m0/s1. The van der Waals surface area contributed by atoms with Crippen LogP contribution < -0.4 is 15.0 Å². The minimum Gasteiger partial charge on any atom is -0.457 e. The van der Waals surface area contributed by atoms with Crippen molar-refractivity contribution in [1.82, 2.24) is 15.1 Å². The van der Waals surface area contributed by atoms with E-state index < -0.39 is 18.1 Å². The first kappa shape index (κ1) is 29.8. The topological polar surface area (TPSA) is 99.3 Å². The molecule has 3 aromatic carbocycles. The Balaban J connectivity index is 1.27. The van der Waals surface area contributed by atoms with Crippen molar-refractivity contribution in [3.63, 3.8) is 0 Å². The Morgan fingerprint density at radius 1 is 0.884 bits per heavy atom. The molecule has 3 aromatic rings. The fourth-order valence-corrected chi connectivity index (χ4v) is 5.84. The number of para-hydroxylation sites is 1. The molecule has 224 valence electrons. The second kappa shape index (κ2) is 12.7. The summed E-state index contributed by atoms with van der Waals surface area (Å²) in [6.07, 6.45) is 0.930. The zero-order valence-electron chi connectivity index (χ0n) is 25.0. The number of ketones is 1. The largest absolute Gasteiger partial charge is 0.457 e. The summed E-state index contributed by atoms with van der Waals surface area (Å²) in [7, 11) is 3.85. The van der Waals surface area contributed by atoms with Gasteiger partial charge in [-0.2, -0.15) is 0 Å². The molecule has 2 fully saturated rings. The van der Waals surface area contributed by atoms with E-state index in [0.717, 1.165) is 5.69 Å². The molecule has 43 heavy (non-hydrogen) atoms. The lowest BCUT2D eigenvalue weighted by Crippen LogP contribution is -2.53. The SMILES string of the molecule is CC(C)C[C@H](NC(=O)c1ccc(N(C)C)cc1)C(=O)N1CCC2C1C(=O)CN2C(=O)c1ccc(Oc2ccccc2)cc1. The molecule has 3 amide bonds. The van der Waals surface area contributed by atoms with Crippen molar-refractivity contribution < 1.29 is 23.9 Å². The van der Waals surface area contributed by atoms with Crippen molar-refractivity contribution in [2.45, 2.75) is 44.8 Å². The van der Waals surface area contributed by atoms with Crippen LogP contribution in [0, 0.1) is 5.92 Å². The van der Waals surface area contributed by atoms with Gasteiger partial charge in [-0.25, -0.2) is 0 Å². The molecule has 2 unspecified atom stereocenters. The van der Waals surface area contributed by atoms with Gasteiger partial charge >= 0.3 is 0 Å². The minimum atomic E-state index is -0.783. The summed E-state index contributed by atoms with van der Waals surface area (Å²) in [5, 5.41) is 2.92. The van der Waals surface area contributed by atoms with Crippen LogP contribution >= 0.6 is 0 Å². The van der Waals surface area contributed by atoms with E-state index in [1.54, 1.807) is 46.2 Å². The van der Waals surface area contributed by atoms with Crippen LogP contribution in [0.1, 0.15) is 47.4 Å². The Kier molecular flexibility index (Phi) is 8.80. The van der Waals surface area contributed by atoms with Crippen LogP contribution in [-0.2, 0) is 9.59 Å². The number of hydrogen-bond acceptors (Lipinski definition) is 6. The van der Waals surface area contributed by atoms with E-state index in [4.69, 9.17) is 4.74 Å². The first-order valence-corrected chi connectivity index (χ1v) is 14.7. The molecule has 9 heteroatoms. The highest BCUT2D eigenvalue weighted by molar-refractivity contribution is 6.03. The van der Waals surface area contributed by atoms with Crippen LogP contribution in [0.2, 0.25) is 0 Å². The van der Waals surface area contributed by atoms with Crippen molar-refractivity contribution >= 4 is 29.2 Å². The maximum Gasteiger partial charge on any atom is 0.254 e. The zero-order chi connectivity index (χ0) is 30.7. The summed E-state index contributed by atoms with van der Waals surface area (Å²) in [5.74, 6) is 0.382. The number of nitrogens with zero attached hydrogens (tertiary/aromatic N) is 3.